The highest BCUT2D eigenvalue weighted by Crippen LogP contribution is 2.29. The number of hydrogen-bond donors (Lipinski definition) is 1. The summed E-state index contributed by atoms with van der Waals surface area (Å²) in [5, 5.41) is 13.9. The van der Waals surface area contributed by atoms with Crippen molar-refractivity contribution >= 4 is 11.6 Å². The molecule has 0 unspecified atom stereocenters. The second kappa shape index (κ2) is 8.13. The van der Waals surface area contributed by atoms with Crippen molar-refractivity contribution in [1.29, 1.82) is 0 Å². The van der Waals surface area contributed by atoms with Crippen molar-refractivity contribution in [2.24, 2.45) is 0 Å². The van der Waals surface area contributed by atoms with Crippen LogP contribution in [-0.2, 0) is 4.79 Å². The van der Waals surface area contributed by atoms with Crippen LogP contribution in [0.3, 0.4) is 0 Å². The Bertz CT molecular complexity index is 1070. The number of tetrazole rings is 1. The molecule has 0 spiro atoms. The van der Waals surface area contributed by atoms with Crippen LogP contribution in [0.15, 0.2) is 85.2 Å². The lowest BCUT2D eigenvalue weighted by molar-refractivity contribution is -0.118. The van der Waals surface area contributed by atoms with Gasteiger partial charge in [0.05, 0.1) is 5.69 Å². The fraction of sp³-hybridized carbons (Fsp3) is 0.0476. The van der Waals surface area contributed by atoms with Crippen LogP contribution in [0.5, 0.6) is 5.75 Å². The van der Waals surface area contributed by atoms with E-state index in [1.807, 2.05) is 66.7 Å². The summed E-state index contributed by atoms with van der Waals surface area (Å²) < 4.78 is 7.29. The summed E-state index contributed by atoms with van der Waals surface area (Å²) in [4.78, 5) is 12.3. The van der Waals surface area contributed by atoms with Gasteiger partial charge in [0.1, 0.15) is 12.1 Å². The summed E-state index contributed by atoms with van der Waals surface area (Å²) in [6.07, 6.45) is 1.49. The molecule has 3 aromatic carbocycles. The van der Waals surface area contributed by atoms with Crippen LogP contribution >= 0.6 is 0 Å². The number of aromatic nitrogens is 4. The molecule has 0 fully saturated rings. The highest BCUT2D eigenvalue weighted by atomic mass is 16.5. The number of hydrogen-bond acceptors (Lipinski definition) is 5. The van der Waals surface area contributed by atoms with Gasteiger partial charge in [-0.25, -0.2) is 4.68 Å². The predicted octanol–water partition coefficient (Wildman–Crippen LogP) is 3.35. The van der Waals surface area contributed by atoms with Crippen molar-refractivity contribution < 1.29 is 9.53 Å². The van der Waals surface area contributed by atoms with Crippen molar-refractivity contribution in [1.82, 2.24) is 20.2 Å². The second-order valence-electron chi connectivity index (χ2n) is 6.00. The summed E-state index contributed by atoms with van der Waals surface area (Å²) >= 11 is 0. The van der Waals surface area contributed by atoms with E-state index in [4.69, 9.17) is 4.74 Å². The van der Waals surface area contributed by atoms with Crippen molar-refractivity contribution in [2.45, 2.75) is 0 Å². The van der Waals surface area contributed by atoms with Gasteiger partial charge in [-0.1, -0.05) is 54.6 Å². The average molecular weight is 371 g/mol. The number of benzene rings is 3. The van der Waals surface area contributed by atoms with Gasteiger partial charge in [0.2, 0.25) is 0 Å². The lowest BCUT2D eigenvalue weighted by Gasteiger charge is -2.12. The van der Waals surface area contributed by atoms with Gasteiger partial charge in [-0.05, 0) is 40.3 Å². The molecule has 1 N–H and O–H groups in total. The zero-order valence-corrected chi connectivity index (χ0v) is 14.9. The van der Waals surface area contributed by atoms with Crippen LogP contribution < -0.4 is 10.1 Å². The Kier molecular flexibility index (Phi) is 5.06. The topological polar surface area (TPSA) is 81.9 Å². The zero-order chi connectivity index (χ0) is 19.2. The molecule has 0 saturated heterocycles. The van der Waals surface area contributed by atoms with Crippen molar-refractivity contribution in [2.75, 3.05) is 11.9 Å². The minimum absolute atomic E-state index is 0.0983. The maximum absolute atomic E-state index is 12.3. The minimum Gasteiger partial charge on any atom is -0.483 e. The molecule has 7 heteroatoms. The number of anilines is 1. The molecule has 138 valence electrons. The van der Waals surface area contributed by atoms with Gasteiger partial charge < -0.3 is 10.1 Å². The Morgan fingerprint density at radius 3 is 2.61 bits per heavy atom. The molecular weight excluding hydrogens is 354 g/mol. The SMILES string of the molecule is O=C(COc1ccccc1-c1ccccc1)Nc1cccc(-n2cnnn2)c1. The Labute approximate surface area is 161 Å². The van der Waals surface area contributed by atoms with Gasteiger partial charge in [0, 0.05) is 11.3 Å². The van der Waals surface area contributed by atoms with E-state index in [0.717, 1.165) is 16.8 Å². The fourth-order valence-corrected chi connectivity index (χ4v) is 2.79. The first-order valence-corrected chi connectivity index (χ1v) is 8.70. The van der Waals surface area contributed by atoms with Gasteiger partial charge in [-0.3, -0.25) is 4.79 Å². The van der Waals surface area contributed by atoms with Crippen LogP contribution in [0, 0.1) is 0 Å². The number of nitrogens with one attached hydrogen (secondary N) is 1. The molecule has 0 bridgehead atoms. The lowest BCUT2D eigenvalue weighted by atomic mass is 10.1. The molecule has 0 atom stereocenters. The molecule has 1 amide bonds. The molecule has 0 aliphatic heterocycles. The smallest absolute Gasteiger partial charge is 0.262 e. The first-order chi connectivity index (χ1) is 13.8. The molecular formula is C21H17N5O2. The summed E-state index contributed by atoms with van der Waals surface area (Å²) in [5.41, 5.74) is 3.36. The van der Waals surface area contributed by atoms with E-state index in [1.54, 1.807) is 12.1 Å². The van der Waals surface area contributed by atoms with E-state index in [0.29, 0.717) is 11.4 Å². The van der Waals surface area contributed by atoms with Gasteiger partial charge in [0.25, 0.3) is 5.91 Å². The summed E-state index contributed by atoms with van der Waals surface area (Å²) in [5.74, 6) is 0.406. The summed E-state index contributed by atoms with van der Waals surface area (Å²) in [6.45, 7) is -0.0983. The van der Waals surface area contributed by atoms with E-state index in [9.17, 15) is 4.79 Å². The number of amides is 1. The Morgan fingerprint density at radius 2 is 1.79 bits per heavy atom. The van der Waals surface area contributed by atoms with Crippen LogP contribution in [0.2, 0.25) is 0 Å². The van der Waals surface area contributed by atoms with Crippen LogP contribution in [0.4, 0.5) is 5.69 Å². The third-order valence-corrected chi connectivity index (χ3v) is 4.07. The molecule has 7 nitrogen and oxygen atoms in total. The highest BCUT2D eigenvalue weighted by molar-refractivity contribution is 5.92. The van der Waals surface area contributed by atoms with Crippen molar-refractivity contribution in [3.05, 3.63) is 85.2 Å². The van der Waals surface area contributed by atoms with E-state index < -0.39 is 0 Å². The summed E-state index contributed by atoms with van der Waals surface area (Å²) in [6, 6.07) is 24.8. The molecule has 4 rings (SSSR count). The van der Waals surface area contributed by atoms with E-state index >= 15 is 0 Å². The highest BCUT2D eigenvalue weighted by Gasteiger charge is 2.09. The molecule has 1 aromatic heterocycles. The number of nitrogens with zero attached hydrogens (tertiary/aromatic N) is 4. The third kappa shape index (κ3) is 4.04. The Balaban J connectivity index is 1.43. The first-order valence-electron chi connectivity index (χ1n) is 8.70. The number of carbonyl (C=O) groups excluding carboxylic acids is 1. The number of ether oxygens (including phenoxy) is 1. The van der Waals surface area contributed by atoms with Crippen molar-refractivity contribution in [3.8, 4) is 22.6 Å². The summed E-state index contributed by atoms with van der Waals surface area (Å²) in [7, 11) is 0. The molecule has 28 heavy (non-hydrogen) atoms. The second-order valence-corrected chi connectivity index (χ2v) is 6.00. The number of rotatable bonds is 6. The maximum atomic E-state index is 12.3. The Morgan fingerprint density at radius 1 is 0.964 bits per heavy atom. The monoisotopic (exact) mass is 371 g/mol. The third-order valence-electron chi connectivity index (χ3n) is 4.07. The van der Waals surface area contributed by atoms with Crippen LogP contribution in [0.25, 0.3) is 16.8 Å². The van der Waals surface area contributed by atoms with Gasteiger partial charge in [0.15, 0.2) is 6.61 Å². The predicted molar refractivity (Wildman–Crippen MR) is 105 cm³/mol. The van der Waals surface area contributed by atoms with E-state index in [2.05, 4.69) is 20.8 Å². The van der Waals surface area contributed by atoms with Crippen molar-refractivity contribution in [3.63, 3.8) is 0 Å². The van der Waals surface area contributed by atoms with E-state index in [-0.39, 0.29) is 12.5 Å². The molecule has 0 radical (unpaired) electrons. The minimum atomic E-state index is -0.253. The number of carbonyl (C=O) groups is 1. The largest absolute Gasteiger partial charge is 0.483 e. The molecule has 0 aliphatic carbocycles. The van der Waals surface area contributed by atoms with E-state index in [1.165, 1.54) is 11.0 Å². The molecule has 1 heterocycles. The van der Waals surface area contributed by atoms with Gasteiger partial charge in [-0.15, -0.1) is 5.10 Å². The molecule has 4 aromatic rings. The average Bonchev–Trinajstić information content (AvgIpc) is 3.28. The number of para-hydroxylation sites is 1. The lowest BCUT2D eigenvalue weighted by Crippen LogP contribution is -2.20. The Hall–Kier alpha value is -4.00. The van der Waals surface area contributed by atoms with Gasteiger partial charge in [-0.2, -0.15) is 0 Å². The standard InChI is InChI=1S/C21H17N5O2/c27-21(23-17-9-6-10-18(13-17)26-15-22-24-25-26)14-28-20-12-5-4-11-19(20)16-7-2-1-3-8-16/h1-13,15H,14H2,(H,23,27). The first kappa shape index (κ1) is 17.4. The maximum Gasteiger partial charge on any atom is 0.262 e. The fourth-order valence-electron chi connectivity index (χ4n) is 2.79. The normalized spacial score (nSPS) is 10.4. The quantitative estimate of drug-likeness (QED) is 0.562. The van der Waals surface area contributed by atoms with Crippen LogP contribution in [-0.4, -0.2) is 32.7 Å². The molecule has 0 aliphatic rings. The zero-order valence-electron chi connectivity index (χ0n) is 14.9. The molecule has 0 saturated carbocycles. The van der Waals surface area contributed by atoms with Crippen LogP contribution in [0.1, 0.15) is 0 Å². The van der Waals surface area contributed by atoms with Gasteiger partial charge >= 0.3 is 0 Å².